The highest BCUT2D eigenvalue weighted by Crippen LogP contribution is 2.29. The smallest absolute Gasteiger partial charge is 0.255 e. The summed E-state index contributed by atoms with van der Waals surface area (Å²) in [4.78, 5) is 23.3. The number of para-hydroxylation sites is 2. The number of nitrogens with zero attached hydrogens (tertiary/aromatic N) is 4. The number of rotatable bonds is 4. The first-order valence-corrected chi connectivity index (χ1v) is 8.41. The molecule has 3 heterocycles. The van der Waals surface area contributed by atoms with E-state index in [1.807, 2.05) is 18.2 Å². The second kappa shape index (κ2) is 6.76. The Morgan fingerprint density at radius 1 is 1.08 bits per heavy atom. The van der Waals surface area contributed by atoms with E-state index in [0.29, 0.717) is 11.4 Å². The van der Waals surface area contributed by atoms with Gasteiger partial charge in [0.15, 0.2) is 0 Å². The summed E-state index contributed by atoms with van der Waals surface area (Å²) in [6.45, 7) is 2.07. The lowest BCUT2D eigenvalue weighted by Crippen LogP contribution is -2.21. The number of imidazole rings is 1. The molecule has 1 aromatic carbocycles. The minimum atomic E-state index is -0.143. The van der Waals surface area contributed by atoms with Gasteiger partial charge in [0.2, 0.25) is 0 Å². The van der Waals surface area contributed by atoms with Gasteiger partial charge in [0.05, 0.1) is 11.4 Å². The third-order valence-electron chi connectivity index (χ3n) is 4.38. The van der Waals surface area contributed by atoms with Crippen molar-refractivity contribution in [3.63, 3.8) is 0 Å². The van der Waals surface area contributed by atoms with E-state index in [2.05, 4.69) is 26.3 Å². The van der Waals surface area contributed by atoms with Gasteiger partial charge in [0.25, 0.3) is 5.91 Å². The Morgan fingerprint density at radius 3 is 2.72 bits per heavy atom. The van der Waals surface area contributed by atoms with Gasteiger partial charge in [0.1, 0.15) is 12.1 Å². The molecule has 126 valence electrons. The first-order valence-electron chi connectivity index (χ1n) is 8.41. The van der Waals surface area contributed by atoms with Crippen LogP contribution in [0.1, 0.15) is 23.2 Å². The van der Waals surface area contributed by atoms with Gasteiger partial charge in [-0.15, -0.1) is 0 Å². The molecule has 0 saturated carbocycles. The Labute approximate surface area is 146 Å². The number of aromatic nitrogens is 3. The molecule has 0 aliphatic carbocycles. The quantitative estimate of drug-likeness (QED) is 0.797. The highest BCUT2D eigenvalue weighted by atomic mass is 16.1. The summed E-state index contributed by atoms with van der Waals surface area (Å²) in [5.41, 5.74) is 2.49. The first kappa shape index (κ1) is 15.4. The van der Waals surface area contributed by atoms with Gasteiger partial charge >= 0.3 is 0 Å². The molecule has 1 aliphatic heterocycles. The Bertz CT molecular complexity index is 869. The second-order valence-corrected chi connectivity index (χ2v) is 6.04. The number of nitrogens with one attached hydrogen (secondary N) is 1. The summed E-state index contributed by atoms with van der Waals surface area (Å²) >= 11 is 0. The predicted molar refractivity (Wildman–Crippen MR) is 97.2 cm³/mol. The maximum absolute atomic E-state index is 12.7. The molecule has 6 nitrogen and oxygen atoms in total. The molecular weight excluding hydrogens is 314 g/mol. The van der Waals surface area contributed by atoms with Crippen LogP contribution >= 0.6 is 0 Å². The Morgan fingerprint density at radius 2 is 1.92 bits per heavy atom. The lowest BCUT2D eigenvalue weighted by atomic mass is 10.2. The maximum atomic E-state index is 12.7. The zero-order valence-electron chi connectivity index (χ0n) is 13.8. The first-order chi connectivity index (χ1) is 12.3. The molecule has 0 unspecified atom stereocenters. The largest absolute Gasteiger partial charge is 0.370 e. The Kier molecular flexibility index (Phi) is 4.16. The topological polar surface area (TPSA) is 63.1 Å². The third kappa shape index (κ3) is 3.24. The number of anilines is 2. The monoisotopic (exact) mass is 333 g/mol. The average molecular weight is 333 g/mol. The highest BCUT2D eigenvalue weighted by molar-refractivity contribution is 6.06. The van der Waals surface area contributed by atoms with E-state index >= 15 is 0 Å². The SMILES string of the molecule is O=C(Nc1ccccc1N1CCCC1)c1ccnc(-n2ccnc2)c1. The summed E-state index contributed by atoms with van der Waals surface area (Å²) in [7, 11) is 0. The van der Waals surface area contributed by atoms with Crippen molar-refractivity contribution in [1.29, 1.82) is 0 Å². The lowest BCUT2D eigenvalue weighted by molar-refractivity contribution is 0.102. The molecule has 1 amide bonds. The fraction of sp³-hybridized carbons (Fsp3) is 0.211. The zero-order chi connectivity index (χ0) is 17.1. The summed E-state index contributed by atoms with van der Waals surface area (Å²) < 4.78 is 1.77. The molecule has 2 aromatic heterocycles. The molecule has 1 N–H and O–H groups in total. The zero-order valence-corrected chi connectivity index (χ0v) is 13.8. The van der Waals surface area contributed by atoms with Crippen molar-refractivity contribution in [2.45, 2.75) is 12.8 Å². The molecule has 0 spiro atoms. The fourth-order valence-electron chi connectivity index (χ4n) is 3.10. The Balaban J connectivity index is 1.58. The van der Waals surface area contributed by atoms with Crippen molar-refractivity contribution in [3.8, 4) is 5.82 Å². The number of amides is 1. The van der Waals surface area contributed by atoms with Crippen molar-refractivity contribution < 1.29 is 4.79 Å². The molecule has 6 heteroatoms. The van der Waals surface area contributed by atoms with E-state index in [-0.39, 0.29) is 5.91 Å². The number of carbonyl (C=O) groups excluding carboxylic acids is 1. The van der Waals surface area contributed by atoms with Crippen LogP contribution in [0.25, 0.3) is 5.82 Å². The summed E-state index contributed by atoms with van der Waals surface area (Å²) in [5, 5.41) is 3.04. The predicted octanol–water partition coefficient (Wildman–Crippen LogP) is 3.12. The van der Waals surface area contributed by atoms with Crippen LogP contribution in [0.15, 0.2) is 61.3 Å². The second-order valence-electron chi connectivity index (χ2n) is 6.04. The van der Waals surface area contributed by atoms with Crippen molar-refractivity contribution in [2.24, 2.45) is 0 Å². The van der Waals surface area contributed by atoms with Gasteiger partial charge in [-0.3, -0.25) is 9.36 Å². The van der Waals surface area contributed by atoms with E-state index in [9.17, 15) is 4.79 Å². The molecular formula is C19H19N5O. The van der Waals surface area contributed by atoms with E-state index in [4.69, 9.17) is 0 Å². The van der Waals surface area contributed by atoms with Crippen molar-refractivity contribution in [1.82, 2.24) is 14.5 Å². The molecule has 3 aromatic rings. The molecule has 4 rings (SSSR count). The van der Waals surface area contributed by atoms with E-state index in [1.54, 1.807) is 41.6 Å². The normalized spacial score (nSPS) is 13.8. The van der Waals surface area contributed by atoms with E-state index < -0.39 is 0 Å². The molecule has 1 fully saturated rings. The van der Waals surface area contributed by atoms with Crippen LogP contribution in [0.5, 0.6) is 0 Å². The van der Waals surface area contributed by atoms with Crippen LogP contribution in [0.4, 0.5) is 11.4 Å². The molecule has 0 radical (unpaired) electrons. The summed E-state index contributed by atoms with van der Waals surface area (Å²) in [6.07, 6.45) is 9.17. The molecule has 0 bridgehead atoms. The minimum Gasteiger partial charge on any atom is -0.370 e. The van der Waals surface area contributed by atoms with Crippen LogP contribution in [0, 0.1) is 0 Å². The van der Waals surface area contributed by atoms with Gasteiger partial charge in [-0.2, -0.15) is 0 Å². The standard InChI is InChI=1S/C19H19N5O/c25-19(15-7-8-21-18(13-15)24-12-9-20-14-24)22-16-5-1-2-6-17(16)23-10-3-4-11-23/h1-2,5-9,12-14H,3-4,10-11H2,(H,22,25). The number of pyridine rings is 1. The van der Waals surface area contributed by atoms with Gasteiger partial charge in [-0.25, -0.2) is 9.97 Å². The van der Waals surface area contributed by atoms with Gasteiger partial charge in [-0.1, -0.05) is 12.1 Å². The highest BCUT2D eigenvalue weighted by Gasteiger charge is 2.17. The van der Waals surface area contributed by atoms with Gasteiger partial charge in [-0.05, 0) is 37.1 Å². The fourth-order valence-corrected chi connectivity index (χ4v) is 3.10. The van der Waals surface area contributed by atoms with Gasteiger partial charge < -0.3 is 10.2 Å². The average Bonchev–Trinajstić information content (AvgIpc) is 3.36. The van der Waals surface area contributed by atoms with E-state index in [0.717, 1.165) is 24.5 Å². The van der Waals surface area contributed by atoms with Crippen molar-refractivity contribution >= 4 is 17.3 Å². The summed E-state index contributed by atoms with van der Waals surface area (Å²) in [5.74, 6) is 0.522. The van der Waals surface area contributed by atoms with Gasteiger partial charge in [0, 0.05) is 37.2 Å². The molecule has 25 heavy (non-hydrogen) atoms. The molecule has 0 atom stereocenters. The van der Waals surface area contributed by atoms with Crippen molar-refractivity contribution in [3.05, 3.63) is 66.9 Å². The van der Waals surface area contributed by atoms with E-state index in [1.165, 1.54) is 12.8 Å². The molecule has 1 aliphatic rings. The van der Waals surface area contributed by atoms with Crippen LogP contribution in [-0.2, 0) is 0 Å². The van der Waals surface area contributed by atoms with Crippen LogP contribution in [-0.4, -0.2) is 33.5 Å². The number of benzene rings is 1. The number of hydrogen-bond acceptors (Lipinski definition) is 4. The third-order valence-corrected chi connectivity index (χ3v) is 4.38. The minimum absolute atomic E-state index is 0.143. The lowest BCUT2D eigenvalue weighted by Gasteiger charge is -2.21. The Hall–Kier alpha value is -3.15. The van der Waals surface area contributed by atoms with Crippen LogP contribution < -0.4 is 10.2 Å². The maximum Gasteiger partial charge on any atom is 0.255 e. The van der Waals surface area contributed by atoms with Crippen LogP contribution in [0.3, 0.4) is 0 Å². The number of hydrogen-bond donors (Lipinski definition) is 1. The van der Waals surface area contributed by atoms with Crippen LogP contribution in [0.2, 0.25) is 0 Å². The number of carbonyl (C=O) groups is 1. The molecule has 1 saturated heterocycles. The summed E-state index contributed by atoms with van der Waals surface area (Å²) in [6, 6.07) is 11.4. The van der Waals surface area contributed by atoms with Crippen molar-refractivity contribution in [2.75, 3.05) is 23.3 Å².